The summed E-state index contributed by atoms with van der Waals surface area (Å²) in [7, 11) is 0. The quantitative estimate of drug-likeness (QED) is 0.611. The molecule has 1 heterocycles. The van der Waals surface area contributed by atoms with Gasteiger partial charge in [-0.25, -0.2) is 5.01 Å². The van der Waals surface area contributed by atoms with Gasteiger partial charge in [-0.2, -0.15) is 0 Å². The van der Waals surface area contributed by atoms with Crippen LogP contribution in [0.4, 0.5) is 5.69 Å². The van der Waals surface area contributed by atoms with Gasteiger partial charge in [-0.15, -0.1) is 0 Å². The fourth-order valence-corrected chi connectivity index (χ4v) is 3.35. The Balaban J connectivity index is 1.53. The van der Waals surface area contributed by atoms with Gasteiger partial charge in [0.25, 0.3) is 11.8 Å². The number of benzene rings is 3. The minimum atomic E-state index is -0.532. The van der Waals surface area contributed by atoms with Crippen LogP contribution in [-0.2, 0) is 4.79 Å². The lowest BCUT2D eigenvalue weighted by atomic mass is 10.1. The molecule has 3 aromatic rings. The van der Waals surface area contributed by atoms with Crippen LogP contribution in [0.2, 0.25) is 0 Å². The minimum Gasteiger partial charge on any atom is -0.484 e. The molecule has 1 atom stereocenters. The number of nitrogens with zero attached hydrogens (tertiary/aromatic N) is 1. The molecule has 7 heteroatoms. The van der Waals surface area contributed by atoms with Gasteiger partial charge < -0.3 is 10.1 Å². The van der Waals surface area contributed by atoms with Crippen LogP contribution >= 0.6 is 15.9 Å². The van der Waals surface area contributed by atoms with Crippen LogP contribution in [0.1, 0.15) is 22.1 Å². The largest absolute Gasteiger partial charge is 0.484 e. The van der Waals surface area contributed by atoms with Crippen molar-refractivity contribution in [3.63, 3.8) is 0 Å². The summed E-state index contributed by atoms with van der Waals surface area (Å²) in [6, 6.07) is 23.9. The molecular formula is C22H18BrN3O3. The second-order valence-electron chi connectivity index (χ2n) is 6.46. The number of carbonyl (C=O) groups excluding carboxylic acids is 2. The van der Waals surface area contributed by atoms with Gasteiger partial charge in [0.1, 0.15) is 11.9 Å². The van der Waals surface area contributed by atoms with Crippen LogP contribution < -0.4 is 15.5 Å². The zero-order valence-electron chi connectivity index (χ0n) is 15.3. The molecule has 2 amide bonds. The third kappa shape index (κ3) is 4.25. The number of halogens is 1. The highest BCUT2D eigenvalue weighted by Gasteiger charge is 2.34. The third-order valence-corrected chi connectivity index (χ3v) is 5.00. The van der Waals surface area contributed by atoms with Crippen LogP contribution in [0.15, 0.2) is 83.3 Å². The predicted octanol–water partition coefficient (Wildman–Crippen LogP) is 4.13. The minimum absolute atomic E-state index is 0.214. The summed E-state index contributed by atoms with van der Waals surface area (Å²) in [5.41, 5.74) is 4.76. The first-order chi connectivity index (χ1) is 14.1. The van der Waals surface area contributed by atoms with Crippen molar-refractivity contribution >= 4 is 33.4 Å². The monoisotopic (exact) mass is 451 g/mol. The van der Waals surface area contributed by atoms with Gasteiger partial charge in [-0.3, -0.25) is 15.0 Å². The number of para-hydroxylation sites is 1. The van der Waals surface area contributed by atoms with E-state index < -0.39 is 12.1 Å². The molecule has 0 bridgehead atoms. The van der Waals surface area contributed by atoms with E-state index in [1.807, 2.05) is 54.6 Å². The zero-order valence-corrected chi connectivity index (χ0v) is 16.9. The second kappa shape index (κ2) is 8.36. The smallest absolute Gasteiger partial charge is 0.276 e. The zero-order chi connectivity index (χ0) is 20.2. The summed E-state index contributed by atoms with van der Waals surface area (Å²) in [5.74, 6) is -0.148. The Labute approximate surface area is 176 Å². The number of nitrogens with one attached hydrogen (secondary N) is 2. The molecule has 0 fully saturated rings. The van der Waals surface area contributed by atoms with Crippen molar-refractivity contribution in [2.75, 3.05) is 11.9 Å². The number of ether oxygens (including phenoxy) is 1. The Morgan fingerprint density at radius 2 is 1.69 bits per heavy atom. The molecule has 0 aromatic heterocycles. The number of hydrogen-bond donors (Lipinski definition) is 2. The van der Waals surface area contributed by atoms with Gasteiger partial charge in [-0.1, -0.05) is 58.4 Å². The van der Waals surface area contributed by atoms with Gasteiger partial charge in [0.2, 0.25) is 0 Å². The Morgan fingerprint density at radius 3 is 2.45 bits per heavy atom. The average Bonchev–Trinajstić information content (AvgIpc) is 2.76. The van der Waals surface area contributed by atoms with Crippen molar-refractivity contribution in [1.82, 2.24) is 10.4 Å². The van der Waals surface area contributed by atoms with E-state index in [0.717, 1.165) is 15.7 Å². The molecule has 3 aromatic carbocycles. The lowest BCUT2D eigenvalue weighted by Crippen LogP contribution is -2.53. The average molecular weight is 452 g/mol. The van der Waals surface area contributed by atoms with Crippen molar-refractivity contribution in [3.8, 4) is 5.75 Å². The summed E-state index contributed by atoms with van der Waals surface area (Å²) in [6.45, 7) is -0.214. The van der Waals surface area contributed by atoms with E-state index in [-0.39, 0.29) is 12.5 Å². The van der Waals surface area contributed by atoms with E-state index >= 15 is 0 Å². The lowest BCUT2D eigenvalue weighted by molar-refractivity contribution is -0.127. The van der Waals surface area contributed by atoms with E-state index in [1.165, 1.54) is 5.01 Å². The van der Waals surface area contributed by atoms with E-state index in [1.54, 1.807) is 24.3 Å². The number of amides is 2. The molecule has 29 heavy (non-hydrogen) atoms. The Morgan fingerprint density at radius 1 is 1.00 bits per heavy atom. The van der Waals surface area contributed by atoms with Crippen molar-refractivity contribution in [1.29, 1.82) is 0 Å². The first-order valence-electron chi connectivity index (χ1n) is 9.04. The molecule has 146 valence electrons. The van der Waals surface area contributed by atoms with E-state index in [2.05, 4.69) is 26.7 Å². The fraction of sp³-hybridized carbons (Fsp3) is 0.0909. The molecule has 0 spiro atoms. The number of fused-ring (bicyclic) bond motifs is 1. The van der Waals surface area contributed by atoms with Crippen LogP contribution in [0.3, 0.4) is 0 Å². The van der Waals surface area contributed by atoms with Gasteiger partial charge in [0.15, 0.2) is 6.61 Å². The molecule has 0 radical (unpaired) electrons. The molecule has 6 nitrogen and oxygen atoms in total. The molecule has 4 rings (SSSR count). The maximum absolute atomic E-state index is 13.1. The van der Waals surface area contributed by atoms with Crippen molar-refractivity contribution < 1.29 is 14.3 Å². The number of anilines is 1. The fourth-order valence-electron chi connectivity index (χ4n) is 3.08. The Kier molecular flexibility index (Phi) is 5.48. The summed E-state index contributed by atoms with van der Waals surface area (Å²) < 4.78 is 6.44. The Hall–Kier alpha value is -3.32. The Bertz CT molecular complexity index is 1020. The maximum atomic E-state index is 13.1. The lowest BCUT2D eigenvalue weighted by Gasteiger charge is -2.37. The maximum Gasteiger partial charge on any atom is 0.276 e. The molecule has 1 unspecified atom stereocenters. The second-order valence-corrected chi connectivity index (χ2v) is 7.37. The third-order valence-electron chi connectivity index (χ3n) is 4.47. The summed E-state index contributed by atoms with van der Waals surface area (Å²) in [4.78, 5) is 25.6. The number of carbonyl (C=O) groups is 2. The summed E-state index contributed by atoms with van der Waals surface area (Å²) in [6.07, 6.45) is -0.532. The molecule has 0 saturated heterocycles. The molecular weight excluding hydrogens is 434 g/mol. The normalized spacial score (nSPS) is 15.3. The summed E-state index contributed by atoms with van der Waals surface area (Å²) >= 11 is 3.35. The van der Waals surface area contributed by atoms with Crippen LogP contribution in [0, 0.1) is 0 Å². The molecule has 0 aliphatic carbocycles. The van der Waals surface area contributed by atoms with Gasteiger partial charge >= 0.3 is 0 Å². The van der Waals surface area contributed by atoms with Crippen LogP contribution in [0.25, 0.3) is 0 Å². The van der Waals surface area contributed by atoms with Gasteiger partial charge in [0.05, 0.1) is 5.56 Å². The van der Waals surface area contributed by atoms with Gasteiger partial charge in [-0.05, 0) is 42.0 Å². The molecule has 1 aliphatic heterocycles. The highest BCUT2D eigenvalue weighted by atomic mass is 79.9. The number of rotatable bonds is 5. The van der Waals surface area contributed by atoms with Gasteiger partial charge in [0, 0.05) is 10.2 Å². The number of hydrogen-bond acceptors (Lipinski definition) is 4. The van der Waals surface area contributed by atoms with Crippen molar-refractivity contribution in [3.05, 3.63) is 94.5 Å². The topological polar surface area (TPSA) is 70.7 Å². The van der Waals surface area contributed by atoms with Crippen LogP contribution in [0.5, 0.6) is 5.75 Å². The molecule has 2 N–H and O–H groups in total. The highest BCUT2D eigenvalue weighted by molar-refractivity contribution is 9.10. The van der Waals surface area contributed by atoms with E-state index in [4.69, 9.17) is 4.74 Å². The van der Waals surface area contributed by atoms with Crippen LogP contribution in [-0.4, -0.2) is 23.4 Å². The number of hydrazine groups is 1. The molecule has 0 saturated carbocycles. The molecule has 1 aliphatic rings. The standard InChI is InChI=1S/C22H18BrN3O3/c23-16-10-12-17(13-11-16)29-14-20(27)25-26-21(15-6-2-1-3-7-15)24-19-9-5-4-8-18(19)22(26)28/h1-13,21,24H,14H2,(H,25,27). The SMILES string of the molecule is O=C(COc1ccc(Br)cc1)NN1C(=O)c2ccccc2NC1c1ccccc1. The van der Waals surface area contributed by atoms with E-state index in [0.29, 0.717) is 11.3 Å². The van der Waals surface area contributed by atoms with Crippen molar-refractivity contribution in [2.24, 2.45) is 0 Å². The first-order valence-corrected chi connectivity index (χ1v) is 9.83. The predicted molar refractivity (Wildman–Crippen MR) is 113 cm³/mol. The summed E-state index contributed by atoms with van der Waals surface area (Å²) in [5, 5.41) is 4.63. The van der Waals surface area contributed by atoms with Crippen molar-refractivity contribution in [2.45, 2.75) is 6.17 Å². The van der Waals surface area contributed by atoms with E-state index in [9.17, 15) is 9.59 Å². The first kappa shape index (κ1) is 19.0. The highest BCUT2D eigenvalue weighted by Crippen LogP contribution is 2.31.